The van der Waals surface area contributed by atoms with Crippen LogP contribution >= 0.6 is 15.9 Å². The highest BCUT2D eigenvalue weighted by molar-refractivity contribution is 9.11. The lowest BCUT2D eigenvalue weighted by Gasteiger charge is -2.12. The quantitative estimate of drug-likeness (QED) is 0.668. The molecule has 0 aliphatic carbocycles. The summed E-state index contributed by atoms with van der Waals surface area (Å²) in [6.07, 6.45) is 1.33. The first-order chi connectivity index (χ1) is 5.52. The molecule has 4 heteroatoms. The van der Waals surface area contributed by atoms with E-state index in [1.165, 1.54) is 6.08 Å². The van der Waals surface area contributed by atoms with Gasteiger partial charge in [0.05, 0.1) is 6.54 Å². The summed E-state index contributed by atoms with van der Waals surface area (Å²) < 4.78 is 0.618. The first-order valence-electron chi connectivity index (χ1n) is 3.40. The molecule has 0 saturated carbocycles. The number of carbonyl (C=O) groups excluding carboxylic acids is 2. The van der Waals surface area contributed by atoms with Crippen molar-refractivity contribution in [2.45, 2.75) is 6.92 Å². The number of hydrogen-bond donors (Lipinski definition) is 0. The van der Waals surface area contributed by atoms with Gasteiger partial charge in [-0.25, -0.2) is 0 Å². The van der Waals surface area contributed by atoms with Gasteiger partial charge in [-0.1, -0.05) is 22.5 Å². The third kappa shape index (κ3) is 1.64. The number of hydrogen-bond acceptors (Lipinski definition) is 2. The summed E-state index contributed by atoms with van der Waals surface area (Å²) in [5, 5.41) is 0. The molecule has 64 valence electrons. The Kier molecular flexibility index (Phi) is 2.47. The molecule has 0 N–H and O–H groups in total. The van der Waals surface area contributed by atoms with Crippen molar-refractivity contribution in [2.24, 2.45) is 0 Å². The molecule has 1 aliphatic rings. The zero-order chi connectivity index (χ0) is 9.30. The van der Waals surface area contributed by atoms with Crippen LogP contribution in [0.2, 0.25) is 0 Å². The second-order valence-electron chi connectivity index (χ2n) is 2.57. The summed E-state index contributed by atoms with van der Waals surface area (Å²) in [6.45, 7) is 5.42. The molecule has 0 unspecified atom stereocenters. The second kappa shape index (κ2) is 3.23. The van der Waals surface area contributed by atoms with E-state index in [-0.39, 0.29) is 18.4 Å². The van der Waals surface area contributed by atoms with Gasteiger partial charge in [0.2, 0.25) is 0 Å². The summed E-state index contributed by atoms with van der Waals surface area (Å²) in [5.74, 6) is -0.501. The molecule has 0 bridgehead atoms. The Balaban J connectivity index is 2.77. The van der Waals surface area contributed by atoms with Crippen molar-refractivity contribution in [1.82, 2.24) is 4.90 Å². The maximum absolute atomic E-state index is 11.2. The topological polar surface area (TPSA) is 37.4 Å². The van der Waals surface area contributed by atoms with Gasteiger partial charge in [0.15, 0.2) is 0 Å². The lowest BCUT2D eigenvalue weighted by molar-refractivity contribution is -0.136. The molecule has 1 rings (SSSR count). The highest BCUT2D eigenvalue weighted by Crippen LogP contribution is 2.14. The maximum atomic E-state index is 11.2. The molecule has 0 atom stereocenters. The van der Waals surface area contributed by atoms with E-state index in [9.17, 15) is 9.59 Å². The van der Waals surface area contributed by atoms with Crippen molar-refractivity contribution in [3.8, 4) is 0 Å². The van der Waals surface area contributed by atoms with Gasteiger partial charge in [-0.3, -0.25) is 14.5 Å². The first kappa shape index (κ1) is 9.19. The molecule has 12 heavy (non-hydrogen) atoms. The molecular weight excluding hydrogens is 222 g/mol. The highest BCUT2D eigenvalue weighted by Gasteiger charge is 2.27. The van der Waals surface area contributed by atoms with Crippen molar-refractivity contribution >= 4 is 27.7 Å². The number of carbonyl (C=O) groups is 2. The Bertz CT molecular complexity index is 293. The van der Waals surface area contributed by atoms with Gasteiger partial charge < -0.3 is 0 Å². The number of amides is 2. The Morgan fingerprint density at radius 1 is 1.67 bits per heavy atom. The summed E-state index contributed by atoms with van der Waals surface area (Å²) >= 11 is 3.10. The number of halogens is 1. The van der Waals surface area contributed by atoms with Crippen LogP contribution in [0.5, 0.6) is 0 Å². The molecule has 3 nitrogen and oxygen atoms in total. The van der Waals surface area contributed by atoms with Crippen molar-refractivity contribution in [3.63, 3.8) is 0 Å². The Hall–Kier alpha value is -0.900. The lowest BCUT2D eigenvalue weighted by Crippen LogP contribution is -2.31. The Morgan fingerprint density at radius 2 is 2.25 bits per heavy atom. The van der Waals surface area contributed by atoms with Crippen LogP contribution in [0.4, 0.5) is 0 Å². The molecule has 0 aromatic carbocycles. The Morgan fingerprint density at radius 3 is 2.58 bits per heavy atom. The fourth-order valence-corrected chi connectivity index (χ4v) is 1.21. The molecular formula is C8H8BrNO2. The molecule has 0 aromatic rings. The fourth-order valence-electron chi connectivity index (χ4n) is 0.959. The minimum Gasteiger partial charge on any atom is -0.270 e. The van der Waals surface area contributed by atoms with Gasteiger partial charge in [-0.15, -0.1) is 0 Å². The normalized spacial score (nSPS) is 16.8. The molecule has 0 saturated heterocycles. The van der Waals surface area contributed by atoms with E-state index < -0.39 is 0 Å². The lowest BCUT2D eigenvalue weighted by atomic mass is 10.3. The van der Waals surface area contributed by atoms with Gasteiger partial charge in [0.1, 0.15) is 0 Å². The number of nitrogens with zero attached hydrogens (tertiary/aromatic N) is 1. The predicted molar refractivity (Wildman–Crippen MR) is 48.5 cm³/mol. The molecule has 0 fully saturated rings. The second-order valence-corrected chi connectivity index (χ2v) is 3.70. The van der Waals surface area contributed by atoms with E-state index >= 15 is 0 Å². The summed E-state index contributed by atoms with van der Waals surface area (Å²) in [7, 11) is 0. The molecule has 0 radical (unpaired) electrons. The summed E-state index contributed by atoms with van der Waals surface area (Å²) in [5.41, 5.74) is 0.480. The fraction of sp³-hybridized carbons (Fsp3) is 0.250. The monoisotopic (exact) mass is 229 g/mol. The van der Waals surface area contributed by atoms with E-state index in [2.05, 4.69) is 22.5 Å². The van der Waals surface area contributed by atoms with E-state index in [0.29, 0.717) is 10.1 Å². The molecule has 1 heterocycles. The van der Waals surface area contributed by atoms with Crippen LogP contribution in [0.1, 0.15) is 6.92 Å². The zero-order valence-corrected chi connectivity index (χ0v) is 8.22. The van der Waals surface area contributed by atoms with Crippen molar-refractivity contribution in [3.05, 3.63) is 22.7 Å². The van der Waals surface area contributed by atoms with Crippen LogP contribution in [0.15, 0.2) is 22.7 Å². The van der Waals surface area contributed by atoms with Crippen molar-refractivity contribution in [2.75, 3.05) is 6.54 Å². The van der Waals surface area contributed by atoms with E-state index in [1.807, 2.05) is 0 Å². The minimum atomic E-state index is -0.266. The van der Waals surface area contributed by atoms with Crippen LogP contribution in [0, 0.1) is 0 Å². The van der Waals surface area contributed by atoms with Gasteiger partial charge >= 0.3 is 0 Å². The largest absolute Gasteiger partial charge is 0.270 e. The van der Waals surface area contributed by atoms with Crippen LogP contribution < -0.4 is 0 Å². The summed E-state index contributed by atoms with van der Waals surface area (Å²) in [4.78, 5) is 23.5. The van der Waals surface area contributed by atoms with Gasteiger partial charge in [0.25, 0.3) is 11.8 Å². The van der Waals surface area contributed by atoms with Gasteiger partial charge in [-0.2, -0.15) is 0 Å². The van der Waals surface area contributed by atoms with Crippen LogP contribution in [0.3, 0.4) is 0 Å². The standard InChI is InChI=1S/C8H8BrNO2/c1-5-3-7(11)10(8(5)12)4-6(2)9/h3H,2,4H2,1H3. The van der Waals surface area contributed by atoms with Gasteiger partial charge in [-0.05, 0) is 6.92 Å². The van der Waals surface area contributed by atoms with E-state index in [0.717, 1.165) is 4.90 Å². The van der Waals surface area contributed by atoms with Gasteiger partial charge in [0, 0.05) is 16.1 Å². The van der Waals surface area contributed by atoms with E-state index in [4.69, 9.17) is 0 Å². The SMILES string of the molecule is C=C(Br)CN1C(=O)C=C(C)C1=O. The van der Waals surface area contributed by atoms with Crippen molar-refractivity contribution in [1.29, 1.82) is 0 Å². The predicted octanol–water partition coefficient (Wildman–Crippen LogP) is 1.21. The molecule has 1 aliphatic heterocycles. The van der Waals surface area contributed by atoms with Crippen LogP contribution in [-0.2, 0) is 9.59 Å². The van der Waals surface area contributed by atoms with E-state index in [1.54, 1.807) is 6.92 Å². The third-order valence-corrected chi connectivity index (χ3v) is 1.77. The maximum Gasteiger partial charge on any atom is 0.256 e. The molecule has 0 spiro atoms. The number of rotatable bonds is 2. The first-order valence-corrected chi connectivity index (χ1v) is 4.19. The van der Waals surface area contributed by atoms with Crippen LogP contribution in [0.25, 0.3) is 0 Å². The molecule has 0 aromatic heterocycles. The number of imide groups is 1. The average molecular weight is 230 g/mol. The summed E-state index contributed by atoms with van der Waals surface area (Å²) in [6, 6.07) is 0. The average Bonchev–Trinajstić information content (AvgIpc) is 2.16. The highest BCUT2D eigenvalue weighted by atomic mass is 79.9. The smallest absolute Gasteiger partial charge is 0.256 e. The zero-order valence-electron chi connectivity index (χ0n) is 6.63. The Labute approximate surface area is 78.9 Å². The van der Waals surface area contributed by atoms with Crippen LogP contribution in [-0.4, -0.2) is 23.3 Å². The third-order valence-electron chi connectivity index (χ3n) is 1.52. The van der Waals surface area contributed by atoms with Crippen molar-refractivity contribution < 1.29 is 9.59 Å². The molecule has 2 amide bonds. The minimum absolute atomic E-state index is 0.236.